The minimum atomic E-state index is -3.81. The standard InChI is InChI=1S/C23H30FN3O4S/c1-6-25-23(29)18(4)26(14-19-11-7-8-12-20(19)24)22(28)15-27(32(5,30)31)21-13-9-10-16(2)17(21)3/h7-13,18H,6,14-15H2,1-5H3,(H,25,29). The van der Waals surface area contributed by atoms with Gasteiger partial charge in [0.05, 0.1) is 11.9 Å². The van der Waals surface area contributed by atoms with Crippen LogP contribution in [0.2, 0.25) is 0 Å². The van der Waals surface area contributed by atoms with Gasteiger partial charge in [-0.05, 0) is 51.0 Å². The third kappa shape index (κ3) is 6.06. The molecule has 1 atom stereocenters. The number of nitrogens with zero attached hydrogens (tertiary/aromatic N) is 2. The number of benzene rings is 2. The average Bonchev–Trinajstić information content (AvgIpc) is 2.72. The van der Waals surface area contributed by atoms with E-state index in [1.165, 1.54) is 30.0 Å². The van der Waals surface area contributed by atoms with Gasteiger partial charge in [0.15, 0.2) is 0 Å². The first-order chi connectivity index (χ1) is 15.0. The van der Waals surface area contributed by atoms with E-state index in [1.807, 2.05) is 13.0 Å². The lowest BCUT2D eigenvalue weighted by molar-refractivity contribution is -0.139. The number of anilines is 1. The van der Waals surface area contributed by atoms with Crippen molar-refractivity contribution in [2.75, 3.05) is 23.7 Å². The highest BCUT2D eigenvalue weighted by molar-refractivity contribution is 7.92. The third-order valence-electron chi connectivity index (χ3n) is 5.34. The number of hydrogen-bond acceptors (Lipinski definition) is 4. The van der Waals surface area contributed by atoms with Crippen molar-refractivity contribution in [1.82, 2.24) is 10.2 Å². The summed E-state index contributed by atoms with van der Waals surface area (Å²) in [6.45, 7) is 6.59. The number of aryl methyl sites for hydroxylation is 1. The van der Waals surface area contributed by atoms with Crippen LogP contribution in [0.25, 0.3) is 0 Å². The molecule has 2 aromatic rings. The van der Waals surface area contributed by atoms with E-state index in [4.69, 9.17) is 0 Å². The smallest absolute Gasteiger partial charge is 0.244 e. The van der Waals surface area contributed by atoms with Crippen molar-refractivity contribution in [1.29, 1.82) is 0 Å². The largest absolute Gasteiger partial charge is 0.355 e. The summed E-state index contributed by atoms with van der Waals surface area (Å²) in [5, 5.41) is 2.65. The maximum atomic E-state index is 14.3. The van der Waals surface area contributed by atoms with Crippen LogP contribution >= 0.6 is 0 Å². The Morgan fingerprint density at radius 3 is 2.34 bits per heavy atom. The van der Waals surface area contributed by atoms with Gasteiger partial charge < -0.3 is 10.2 Å². The van der Waals surface area contributed by atoms with Crippen LogP contribution in [-0.4, -0.2) is 50.5 Å². The number of nitrogens with one attached hydrogen (secondary N) is 1. The highest BCUT2D eigenvalue weighted by Gasteiger charge is 2.30. The maximum Gasteiger partial charge on any atom is 0.244 e. The van der Waals surface area contributed by atoms with Gasteiger partial charge in [0, 0.05) is 18.7 Å². The van der Waals surface area contributed by atoms with Crippen molar-refractivity contribution >= 4 is 27.5 Å². The van der Waals surface area contributed by atoms with E-state index in [1.54, 1.807) is 32.0 Å². The zero-order valence-corrected chi connectivity index (χ0v) is 19.9. The summed E-state index contributed by atoms with van der Waals surface area (Å²) in [7, 11) is -3.81. The van der Waals surface area contributed by atoms with Crippen LogP contribution in [0.3, 0.4) is 0 Å². The van der Waals surface area contributed by atoms with Gasteiger partial charge in [0.1, 0.15) is 18.4 Å². The van der Waals surface area contributed by atoms with E-state index < -0.39 is 40.2 Å². The highest BCUT2D eigenvalue weighted by Crippen LogP contribution is 2.25. The summed E-state index contributed by atoms with van der Waals surface area (Å²) in [6, 6.07) is 10.2. The first-order valence-electron chi connectivity index (χ1n) is 10.3. The van der Waals surface area contributed by atoms with Gasteiger partial charge in [-0.2, -0.15) is 0 Å². The van der Waals surface area contributed by atoms with Crippen LogP contribution in [0.4, 0.5) is 10.1 Å². The first-order valence-corrected chi connectivity index (χ1v) is 12.2. The SMILES string of the molecule is CCNC(=O)C(C)N(Cc1ccccc1F)C(=O)CN(c1cccc(C)c1C)S(C)(=O)=O. The summed E-state index contributed by atoms with van der Waals surface area (Å²) >= 11 is 0. The second-order valence-corrected chi connectivity index (χ2v) is 9.58. The normalized spacial score (nSPS) is 12.2. The van der Waals surface area contributed by atoms with Gasteiger partial charge in [0.2, 0.25) is 21.8 Å². The van der Waals surface area contributed by atoms with Crippen LogP contribution in [0, 0.1) is 19.7 Å². The zero-order chi connectivity index (χ0) is 24.1. The molecule has 2 rings (SSSR count). The lowest BCUT2D eigenvalue weighted by atomic mass is 10.1. The van der Waals surface area contributed by atoms with E-state index in [0.29, 0.717) is 12.2 Å². The van der Waals surface area contributed by atoms with Crippen molar-refractivity contribution in [3.63, 3.8) is 0 Å². The molecule has 0 aromatic heterocycles. The predicted octanol–water partition coefficient (Wildman–Crippen LogP) is 2.76. The third-order valence-corrected chi connectivity index (χ3v) is 6.47. The van der Waals surface area contributed by atoms with E-state index in [0.717, 1.165) is 21.7 Å². The van der Waals surface area contributed by atoms with Crippen molar-refractivity contribution in [3.8, 4) is 0 Å². The monoisotopic (exact) mass is 463 g/mol. The van der Waals surface area contributed by atoms with E-state index >= 15 is 0 Å². The second-order valence-electron chi connectivity index (χ2n) is 7.67. The van der Waals surface area contributed by atoms with Gasteiger partial charge in [-0.25, -0.2) is 12.8 Å². The topological polar surface area (TPSA) is 86.8 Å². The molecule has 0 saturated heterocycles. The molecule has 0 heterocycles. The molecule has 0 fully saturated rings. The molecule has 1 N–H and O–H groups in total. The minimum Gasteiger partial charge on any atom is -0.355 e. The molecule has 2 amide bonds. The number of carbonyl (C=O) groups is 2. The van der Waals surface area contributed by atoms with Crippen molar-refractivity contribution in [3.05, 3.63) is 65.0 Å². The fourth-order valence-corrected chi connectivity index (χ4v) is 4.22. The molecule has 0 spiro atoms. The molecule has 0 aliphatic carbocycles. The highest BCUT2D eigenvalue weighted by atomic mass is 32.2. The summed E-state index contributed by atoms with van der Waals surface area (Å²) in [5.74, 6) is -1.53. The maximum absolute atomic E-state index is 14.3. The van der Waals surface area contributed by atoms with E-state index in [-0.39, 0.29) is 12.1 Å². The number of halogens is 1. The Labute approximate surface area is 189 Å². The Bertz CT molecular complexity index is 1090. The molecular formula is C23H30FN3O4S. The minimum absolute atomic E-state index is 0.172. The predicted molar refractivity (Wildman–Crippen MR) is 123 cm³/mol. The average molecular weight is 464 g/mol. The molecule has 1 unspecified atom stereocenters. The number of rotatable bonds is 9. The molecule has 9 heteroatoms. The van der Waals surface area contributed by atoms with Crippen molar-refractivity contribution in [2.45, 2.75) is 40.3 Å². The van der Waals surface area contributed by atoms with Gasteiger partial charge in [-0.1, -0.05) is 30.3 Å². The summed E-state index contributed by atoms with van der Waals surface area (Å²) < 4.78 is 40.5. The number of sulfonamides is 1. The summed E-state index contributed by atoms with van der Waals surface area (Å²) in [5.41, 5.74) is 2.22. The Balaban J connectivity index is 2.45. The molecule has 0 aliphatic heterocycles. The van der Waals surface area contributed by atoms with Crippen molar-refractivity contribution in [2.24, 2.45) is 0 Å². The number of carbonyl (C=O) groups excluding carboxylic acids is 2. The van der Waals surface area contributed by atoms with Crippen molar-refractivity contribution < 1.29 is 22.4 Å². The first kappa shape index (κ1) is 25.3. The molecular weight excluding hydrogens is 433 g/mol. The summed E-state index contributed by atoms with van der Waals surface area (Å²) in [4.78, 5) is 27.0. The molecule has 174 valence electrons. The molecule has 32 heavy (non-hydrogen) atoms. The van der Waals surface area contributed by atoms with Crippen LogP contribution in [-0.2, 0) is 26.2 Å². The molecule has 0 aliphatic rings. The zero-order valence-electron chi connectivity index (χ0n) is 19.1. The summed E-state index contributed by atoms with van der Waals surface area (Å²) in [6.07, 6.45) is 1.02. The Hall–Kier alpha value is -2.94. The van der Waals surface area contributed by atoms with Crippen LogP contribution in [0.1, 0.15) is 30.5 Å². The second kappa shape index (κ2) is 10.6. The Kier molecular flexibility index (Phi) is 8.38. The fraction of sp³-hybridized carbons (Fsp3) is 0.391. The number of likely N-dealkylation sites (N-methyl/N-ethyl adjacent to an activating group) is 1. The Morgan fingerprint density at radius 1 is 1.09 bits per heavy atom. The molecule has 7 nitrogen and oxygen atoms in total. The van der Waals surface area contributed by atoms with Gasteiger partial charge in [0.25, 0.3) is 0 Å². The fourth-order valence-electron chi connectivity index (χ4n) is 3.32. The Morgan fingerprint density at radius 2 is 1.75 bits per heavy atom. The van der Waals surface area contributed by atoms with E-state index in [2.05, 4.69) is 5.32 Å². The van der Waals surface area contributed by atoms with E-state index in [9.17, 15) is 22.4 Å². The quantitative estimate of drug-likeness (QED) is 0.620. The number of hydrogen-bond donors (Lipinski definition) is 1. The molecule has 2 aromatic carbocycles. The van der Waals surface area contributed by atoms with Crippen LogP contribution < -0.4 is 9.62 Å². The molecule has 0 saturated carbocycles. The van der Waals surface area contributed by atoms with Crippen LogP contribution in [0.15, 0.2) is 42.5 Å². The van der Waals surface area contributed by atoms with Crippen LogP contribution in [0.5, 0.6) is 0 Å². The lowest BCUT2D eigenvalue weighted by Crippen LogP contribution is -2.51. The van der Waals surface area contributed by atoms with Gasteiger partial charge in [-0.3, -0.25) is 13.9 Å². The lowest BCUT2D eigenvalue weighted by Gasteiger charge is -2.32. The number of amides is 2. The van der Waals surface area contributed by atoms with Gasteiger partial charge >= 0.3 is 0 Å². The molecule has 0 bridgehead atoms. The van der Waals surface area contributed by atoms with Gasteiger partial charge in [-0.15, -0.1) is 0 Å². The molecule has 0 radical (unpaired) electrons.